The monoisotopic (exact) mass is 568 g/mol. The summed E-state index contributed by atoms with van der Waals surface area (Å²) in [7, 11) is 1.52. The molecule has 3 N–H and O–H groups in total. The fourth-order valence-corrected chi connectivity index (χ4v) is 4.93. The number of nitrogens with one attached hydrogen (secondary N) is 1. The number of piperidine rings is 1. The lowest BCUT2D eigenvalue weighted by molar-refractivity contribution is -0.137. The van der Waals surface area contributed by atoms with Crippen molar-refractivity contribution in [1.82, 2.24) is 24.3 Å². The number of hydrogen-bond donors (Lipinski definition) is 2. The molecule has 0 aliphatic carbocycles. The number of fused-ring (bicyclic) bond motifs is 1. The van der Waals surface area contributed by atoms with Crippen LogP contribution in [0.3, 0.4) is 0 Å². The Morgan fingerprint density at radius 3 is 2.78 bits per heavy atom. The Bertz CT molecular complexity index is 1660. The van der Waals surface area contributed by atoms with Crippen molar-refractivity contribution in [3.8, 4) is 17.5 Å². The van der Waals surface area contributed by atoms with Crippen LogP contribution in [0.25, 0.3) is 16.8 Å². The Morgan fingerprint density at radius 2 is 2.07 bits per heavy atom. The zero-order valence-corrected chi connectivity index (χ0v) is 21.7. The number of carbonyl (C=O) groups is 1. The van der Waals surface area contributed by atoms with Crippen LogP contribution in [-0.2, 0) is 17.5 Å². The molecule has 3 aromatic heterocycles. The Balaban J connectivity index is 1.54. The van der Waals surface area contributed by atoms with Crippen LogP contribution in [0, 0.1) is 17.3 Å². The lowest BCUT2D eigenvalue weighted by atomic mass is 9.97. The van der Waals surface area contributed by atoms with Crippen LogP contribution in [0.1, 0.15) is 46.2 Å². The number of rotatable bonds is 6. The van der Waals surface area contributed by atoms with E-state index in [1.807, 2.05) is 0 Å². The van der Waals surface area contributed by atoms with Gasteiger partial charge >= 0.3 is 6.18 Å². The van der Waals surface area contributed by atoms with Crippen molar-refractivity contribution in [1.29, 1.82) is 5.26 Å². The van der Waals surface area contributed by atoms with E-state index in [-0.39, 0.29) is 41.0 Å². The van der Waals surface area contributed by atoms with Crippen LogP contribution >= 0.6 is 0 Å². The summed E-state index contributed by atoms with van der Waals surface area (Å²) in [5, 5.41) is 11.7. The molecule has 0 spiro atoms. The summed E-state index contributed by atoms with van der Waals surface area (Å²) in [4.78, 5) is 27.1. The number of amides is 1. The minimum Gasteiger partial charge on any atom is -0.382 e. The molecule has 1 unspecified atom stereocenters. The summed E-state index contributed by atoms with van der Waals surface area (Å²) in [5.41, 5.74) is 6.36. The second-order valence-corrected chi connectivity index (χ2v) is 9.53. The van der Waals surface area contributed by atoms with E-state index in [0.717, 1.165) is 31.2 Å². The van der Waals surface area contributed by atoms with E-state index in [1.165, 1.54) is 19.2 Å². The molecular formula is C27H24F4N8O2. The number of alkyl halides is 3. The van der Waals surface area contributed by atoms with E-state index in [0.29, 0.717) is 36.2 Å². The van der Waals surface area contributed by atoms with E-state index in [4.69, 9.17) is 15.5 Å². The van der Waals surface area contributed by atoms with Crippen molar-refractivity contribution in [2.75, 3.05) is 31.2 Å². The third kappa shape index (κ3) is 5.48. The first-order valence-corrected chi connectivity index (χ1v) is 12.5. The van der Waals surface area contributed by atoms with Crippen molar-refractivity contribution >= 4 is 23.1 Å². The summed E-state index contributed by atoms with van der Waals surface area (Å²) in [5.74, 6) is -1.46. The lowest BCUT2D eigenvalue weighted by Crippen LogP contribution is -2.31. The number of hydrogen-bond acceptors (Lipinski definition) is 8. The molecule has 4 heterocycles. The number of nitrogens with two attached hydrogens (primary N) is 1. The minimum atomic E-state index is -4.62. The molecule has 1 saturated heterocycles. The first-order valence-electron chi connectivity index (χ1n) is 12.5. The SMILES string of the molecule is COCc1cnc(N)c2c(-c3ccc(C(=O)Nc4cc(C(F)(F)F)ccn4)cc3F)nc(C3CCCN(C#N)C3)n12. The van der Waals surface area contributed by atoms with Gasteiger partial charge in [-0.1, -0.05) is 0 Å². The third-order valence-corrected chi connectivity index (χ3v) is 6.82. The summed E-state index contributed by atoms with van der Waals surface area (Å²) < 4.78 is 61.8. The van der Waals surface area contributed by atoms with Crippen molar-refractivity contribution in [2.24, 2.45) is 0 Å². The largest absolute Gasteiger partial charge is 0.416 e. The molecule has 1 aromatic carbocycles. The van der Waals surface area contributed by atoms with Gasteiger partial charge in [-0.3, -0.25) is 9.20 Å². The van der Waals surface area contributed by atoms with Crippen LogP contribution in [0.15, 0.2) is 42.7 Å². The number of nitriles is 1. The Morgan fingerprint density at radius 1 is 1.27 bits per heavy atom. The highest BCUT2D eigenvalue weighted by molar-refractivity contribution is 6.04. The maximum Gasteiger partial charge on any atom is 0.416 e. The molecule has 0 bridgehead atoms. The van der Waals surface area contributed by atoms with Gasteiger partial charge in [-0.25, -0.2) is 19.3 Å². The van der Waals surface area contributed by atoms with Gasteiger partial charge in [0.05, 0.1) is 24.1 Å². The quantitative estimate of drug-likeness (QED) is 0.255. The average molecular weight is 569 g/mol. The van der Waals surface area contributed by atoms with E-state index in [1.54, 1.807) is 15.5 Å². The normalized spacial score (nSPS) is 15.6. The highest BCUT2D eigenvalue weighted by atomic mass is 19.4. The number of ether oxygens (including phenoxy) is 1. The number of carbonyl (C=O) groups excluding carboxylic acids is 1. The Hall–Kier alpha value is -4.77. The predicted octanol–water partition coefficient (Wildman–Crippen LogP) is 4.59. The standard InChI is InChI=1S/C27H24F4N8O2/c1-41-13-18-11-35-24(33)23-22(37-25(39(18)23)16-3-2-8-38(12-16)14-32)19-5-4-15(9-20(19)28)26(40)36-21-10-17(6-7-34-21)27(29,30)31/h4-7,9-11,16H,2-3,8,12-13H2,1H3,(H2,33,35)(H,34,36,40). The highest BCUT2D eigenvalue weighted by Gasteiger charge is 2.31. The average Bonchev–Trinajstić information content (AvgIpc) is 3.36. The number of anilines is 2. The molecule has 1 atom stereocenters. The number of aromatic nitrogens is 4. The van der Waals surface area contributed by atoms with E-state index >= 15 is 4.39 Å². The molecule has 1 amide bonds. The Labute approximate surface area is 231 Å². The van der Waals surface area contributed by atoms with Gasteiger partial charge in [0.25, 0.3) is 5.91 Å². The number of nitrogen functional groups attached to an aromatic ring is 1. The highest BCUT2D eigenvalue weighted by Crippen LogP contribution is 2.36. The Kier molecular flexibility index (Phi) is 7.46. The fourth-order valence-electron chi connectivity index (χ4n) is 4.93. The molecular weight excluding hydrogens is 544 g/mol. The number of halogens is 4. The van der Waals surface area contributed by atoms with Crippen LogP contribution in [0.2, 0.25) is 0 Å². The molecule has 41 heavy (non-hydrogen) atoms. The van der Waals surface area contributed by atoms with E-state index in [2.05, 4.69) is 21.5 Å². The maximum absolute atomic E-state index is 15.6. The smallest absolute Gasteiger partial charge is 0.382 e. The maximum atomic E-state index is 15.6. The molecule has 4 aromatic rings. The van der Waals surface area contributed by atoms with Gasteiger partial charge in [0.1, 0.15) is 34.5 Å². The summed E-state index contributed by atoms with van der Waals surface area (Å²) >= 11 is 0. The summed E-state index contributed by atoms with van der Waals surface area (Å²) in [6.45, 7) is 1.23. The summed E-state index contributed by atoms with van der Waals surface area (Å²) in [6, 6.07) is 5.10. The third-order valence-electron chi connectivity index (χ3n) is 6.82. The molecule has 1 aliphatic rings. The lowest BCUT2D eigenvalue weighted by Gasteiger charge is -2.28. The molecule has 0 radical (unpaired) electrons. The zero-order chi connectivity index (χ0) is 29.3. The van der Waals surface area contributed by atoms with Gasteiger partial charge in [0.15, 0.2) is 6.19 Å². The number of methoxy groups -OCH3 is 1. The molecule has 1 fully saturated rings. The van der Waals surface area contributed by atoms with Gasteiger partial charge in [-0.2, -0.15) is 18.4 Å². The molecule has 14 heteroatoms. The van der Waals surface area contributed by atoms with Crippen LogP contribution in [0.5, 0.6) is 0 Å². The van der Waals surface area contributed by atoms with Crippen molar-refractivity contribution < 1.29 is 27.1 Å². The van der Waals surface area contributed by atoms with Crippen molar-refractivity contribution in [2.45, 2.75) is 31.5 Å². The molecule has 0 saturated carbocycles. The first kappa shape index (κ1) is 27.8. The van der Waals surface area contributed by atoms with Gasteiger partial charge < -0.3 is 20.7 Å². The predicted molar refractivity (Wildman–Crippen MR) is 140 cm³/mol. The second-order valence-electron chi connectivity index (χ2n) is 9.53. The van der Waals surface area contributed by atoms with Gasteiger partial charge in [0, 0.05) is 43.4 Å². The van der Waals surface area contributed by atoms with Gasteiger partial charge in [0.2, 0.25) is 0 Å². The molecule has 10 nitrogen and oxygen atoms in total. The van der Waals surface area contributed by atoms with Crippen LogP contribution in [-0.4, -0.2) is 50.4 Å². The van der Waals surface area contributed by atoms with E-state index < -0.39 is 23.5 Å². The van der Waals surface area contributed by atoms with Gasteiger partial charge in [-0.05, 0) is 43.2 Å². The molecule has 212 valence electrons. The number of benzene rings is 1. The van der Waals surface area contributed by atoms with E-state index in [9.17, 15) is 23.2 Å². The number of imidazole rings is 1. The van der Waals surface area contributed by atoms with Crippen molar-refractivity contribution in [3.63, 3.8) is 0 Å². The topological polar surface area (TPSA) is 134 Å². The minimum absolute atomic E-state index is 0.0403. The summed E-state index contributed by atoms with van der Waals surface area (Å²) in [6.07, 6.45) is 1.54. The van der Waals surface area contributed by atoms with Crippen LogP contribution < -0.4 is 11.1 Å². The van der Waals surface area contributed by atoms with Crippen molar-refractivity contribution in [3.05, 3.63) is 71.2 Å². The molecule has 5 rings (SSSR count). The zero-order valence-electron chi connectivity index (χ0n) is 21.7. The number of pyridine rings is 1. The molecule has 1 aliphatic heterocycles. The first-order chi connectivity index (χ1) is 19.6. The number of likely N-dealkylation sites (tertiary alicyclic amines) is 1. The fraction of sp³-hybridized carbons (Fsp3) is 0.296. The second kappa shape index (κ2) is 11.0. The number of nitrogens with zero attached hydrogens (tertiary/aromatic N) is 6. The van der Waals surface area contributed by atoms with Gasteiger partial charge in [-0.15, -0.1) is 0 Å². The van der Waals surface area contributed by atoms with Crippen LogP contribution in [0.4, 0.5) is 29.2 Å².